The monoisotopic (exact) mass is 478 g/mol. The molecule has 3 unspecified atom stereocenters. The number of aliphatic hydroxyl groups excluding tert-OH is 1. The maximum Gasteiger partial charge on any atom is 0.573 e. The molecular formula is C25H29F3N2O4. The van der Waals surface area contributed by atoms with Gasteiger partial charge in [-0.2, -0.15) is 0 Å². The molecule has 2 aliphatic rings. The predicted molar refractivity (Wildman–Crippen MR) is 121 cm³/mol. The lowest BCUT2D eigenvalue weighted by Crippen LogP contribution is -2.54. The molecule has 0 spiro atoms. The highest BCUT2D eigenvalue weighted by Crippen LogP contribution is 2.35. The number of ether oxygens (including phenoxy) is 3. The number of fused-ring (bicyclic) bond motifs is 1. The van der Waals surface area contributed by atoms with E-state index in [0.29, 0.717) is 25.1 Å². The predicted octanol–water partition coefficient (Wildman–Crippen LogP) is 4.02. The van der Waals surface area contributed by atoms with Gasteiger partial charge in [0.2, 0.25) is 0 Å². The summed E-state index contributed by atoms with van der Waals surface area (Å²) >= 11 is 0. The maximum absolute atomic E-state index is 12.9. The molecule has 2 aromatic carbocycles. The molecule has 0 aromatic heterocycles. The summed E-state index contributed by atoms with van der Waals surface area (Å²) in [6.45, 7) is 7.81. The summed E-state index contributed by atoms with van der Waals surface area (Å²) in [6.07, 6.45) is -4.14. The van der Waals surface area contributed by atoms with Crippen molar-refractivity contribution >= 4 is 0 Å². The Morgan fingerprint density at radius 2 is 1.74 bits per heavy atom. The van der Waals surface area contributed by atoms with Gasteiger partial charge in [0, 0.05) is 37.7 Å². The molecule has 2 heterocycles. The summed E-state index contributed by atoms with van der Waals surface area (Å²) in [6, 6.07) is 13.6. The van der Waals surface area contributed by atoms with Gasteiger partial charge in [-0.15, -0.1) is 19.8 Å². The molecular weight excluding hydrogens is 449 g/mol. The maximum atomic E-state index is 12.9. The number of halogens is 3. The van der Waals surface area contributed by atoms with Crippen molar-refractivity contribution in [2.45, 2.75) is 31.0 Å². The molecule has 4 rings (SSSR count). The fourth-order valence-corrected chi connectivity index (χ4v) is 4.46. The van der Waals surface area contributed by atoms with Crippen LogP contribution in [0.2, 0.25) is 0 Å². The quantitative estimate of drug-likeness (QED) is 0.579. The topological polar surface area (TPSA) is 54.4 Å². The molecule has 1 fully saturated rings. The Bertz CT molecular complexity index is 963. The molecule has 1 saturated heterocycles. The number of nitrogens with zero attached hydrogens (tertiary/aromatic N) is 2. The molecule has 34 heavy (non-hydrogen) atoms. The molecule has 2 aliphatic heterocycles. The Labute approximate surface area is 197 Å². The van der Waals surface area contributed by atoms with Crippen LogP contribution in [0.5, 0.6) is 17.2 Å². The zero-order valence-corrected chi connectivity index (χ0v) is 18.8. The number of hydrogen-bond donors (Lipinski definition) is 1. The van der Waals surface area contributed by atoms with E-state index in [1.54, 1.807) is 12.1 Å². The van der Waals surface area contributed by atoms with E-state index in [-0.39, 0.29) is 12.0 Å². The summed E-state index contributed by atoms with van der Waals surface area (Å²) in [5, 5.41) is 10.5. The molecule has 2 aromatic rings. The minimum Gasteiger partial charge on any atom is -0.484 e. The zero-order chi connectivity index (χ0) is 24.1. The lowest BCUT2D eigenvalue weighted by atomic mass is 9.89. The first-order chi connectivity index (χ1) is 16.3. The van der Waals surface area contributed by atoms with Crippen LogP contribution in [0.3, 0.4) is 0 Å². The van der Waals surface area contributed by atoms with Gasteiger partial charge in [0.05, 0.1) is 6.10 Å². The molecule has 0 aliphatic carbocycles. The van der Waals surface area contributed by atoms with Crippen LogP contribution in [0, 0.1) is 0 Å². The molecule has 9 heteroatoms. The number of hydrogen-bond acceptors (Lipinski definition) is 6. The summed E-state index contributed by atoms with van der Waals surface area (Å²) in [4.78, 5) is 4.47. The van der Waals surface area contributed by atoms with Crippen molar-refractivity contribution in [3.63, 3.8) is 0 Å². The number of alkyl halides is 3. The smallest absolute Gasteiger partial charge is 0.484 e. The van der Waals surface area contributed by atoms with Crippen LogP contribution in [0.4, 0.5) is 13.2 Å². The summed E-state index contributed by atoms with van der Waals surface area (Å²) < 4.78 is 54.8. The van der Waals surface area contributed by atoms with Gasteiger partial charge >= 0.3 is 6.36 Å². The van der Waals surface area contributed by atoms with Gasteiger partial charge in [0.1, 0.15) is 12.4 Å². The van der Waals surface area contributed by atoms with Crippen LogP contribution in [0.15, 0.2) is 61.2 Å². The fraction of sp³-hybridized carbons (Fsp3) is 0.440. The third-order valence-electron chi connectivity index (χ3n) is 6.26. The van der Waals surface area contributed by atoms with E-state index in [2.05, 4.69) is 21.1 Å². The first kappa shape index (κ1) is 24.4. The zero-order valence-electron chi connectivity index (χ0n) is 18.8. The van der Waals surface area contributed by atoms with E-state index in [1.807, 2.05) is 24.3 Å². The minimum absolute atomic E-state index is 0.154. The lowest BCUT2D eigenvalue weighted by molar-refractivity contribution is -0.275. The standard InChI is InChI=1S/C25H29F3N2O4/c1-2-20(31)18(19-7-3-4-8-21(19)34-25(26,27)28)11-12-29-13-15-30(16-14-29)24-17-32-22-9-5-6-10-23(22)33-24/h2-10,18,20,24,31H,1,11-17H2. The van der Waals surface area contributed by atoms with E-state index in [0.717, 1.165) is 37.7 Å². The number of benzene rings is 2. The average molecular weight is 479 g/mol. The second kappa shape index (κ2) is 10.7. The normalized spacial score (nSPS) is 21.0. The highest BCUT2D eigenvalue weighted by Gasteiger charge is 2.34. The highest BCUT2D eigenvalue weighted by atomic mass is 19.4. The molecule has 0 bridgehead atoms. The first-order valence-corrected chi connectivity index (χ1v) is 11.3. The van der Waals surface area contributed by atoms with Gasteiger partial charge in [0.25, 0.3) is 0 Å². The van der Waals surface area contributed by atoms with Crippen molar-refractivity contribution in [1.29, 1.82) is 0 Å². The molecule has 0 saturated carbocycles. The van der Waals surface area contributed by atoms with E-state index in [1.165, 1.54) is 18.2 Å². The van der Waals surface area contributed by atoms with Crippen LogP contribution in [-0.2, 0) is 0 Å². The summed E-state index contributed by atoms with van der Waals surface area (Å²) in [5.41, 5.74) is 0.317. The van der Waals surface area contributed by atoms with Gasteiger partial charge in [0.15, 0.2) is 17.7 Å². The SMILES string of the molecule is C=CC(O)C(CCN1CCN(C2COc3ccccc3O2)CC1)c1ccccc1OC(F)(F)F. The number of piperazine rings is 1. The molecule has 0 radical (unpaired) electrons. The molecule has 3 atom stereocenters. The van der Waals surface area contributed by atoms with Crippen LogP contribution in [-0.4, -0.2) is 72.9 Å². The molecule has 6 nitrogen and oxygen atoms in total. The first-order valence-electron chi connectivity index (χ1n) is 11.3. The number of para-hydroxylation sites is 3. The van der Waals surface area contributed by atoms with Crippen LogP contribution >= 0.6 is 0 Å². The van der Waals surface area contributed by atoms with E-state index in [9.17, 15) is 18.3 Å². The van der Waals surface area contributed by atoms with Gasteiger partial charge < -0.3 is 24.2 Å². The van der Waals surface area contributed by atoms with Crippen molar-refractivity contribution in [3.05, 3.63) is 66.7 Å². The molecule has 184 valence electrons. The Hall–Kier alpha value is -2.75. The average Bonchev–Trinajstić information content (AvgIpc) is 2.84. The Morgan fingerprint density at radius 1 is 1.06 bits per heavy atom. The summed E-state index contributed by atoms with van der Waals surface area (Å²) in [7, 11) is 0. The van der Waals surface area contributed by atoms with Crippen molar-refractivity contribution in [3.8, 4) is 17.2 Å². The van der Waals surface area contributed by atoms with Gasteiger partial charge in [-0.05, 0) is 31.2 Å². The Morgan fingerprint density at radius 3 is 2.44 bits per heavy atom. The van der Waals surface area contributed by atoms with E-state index >= 15 is 0 Å². The van der Waals surface area contributed by atoms with Crippen molar-refractivity contribution in [1.82, 2.24) is 9.80 Å². The van der Waals surface area contributed by atoms with Crippen LogP contribution < -0.4 is 14.2 Å². The van der Waals surface area contributed by atoms with Crippen LogP contribution in [0.25, 0.3) is 0 Å². The second-order valence-electron chi connectivity index (χ2n) is 8.41. The van der Waals surface area contributed by atoms with Gasteiger partial charge in [-0.3, -0.25) is 4.90 Å². The van der Waals surface area contributed by atoms with E-state index in [4.69, 9.17) is 9.47 Å². The third-order valence-corrected chi connectivity index (χ3v) is 6.26. The Balaban J connectivity index is 1.34. The van der Waals surface area contributed by atoms with Gasteiger partial charge in [-0.1, -0.05) is 36.4 Å². The van der Waals surface area contributed by atoms with Crippen LogP contribution in [0.1, 0.15) is 17.9 Å². The Kier molecular flexibility index (Phi) is 7.65. The molecule has 1 N–H and O–H groups in total. The highest BCUT2D eigenvalue weighted by molar-refractivity contribution is 5.40. The van der Waals surface area contributed by atoms with Crippen molar-refractivity contribution in [2.24, 2.45) is 0 Å². The van der Waals surface area contributed by atoms with Crippen molar-refractivity contribution < 1.29 is 32.5 Å². The number of aliphatic hydroxyl groups is 1. The fourth-order valence-electron chi connectivity index (χ4n) is 4.46. The third kappa shape index (κ3) is 6.02. The lowest BCUT2D eigenvalue weighted by Gasteiger charge is -2.40. The van der Waals surface area contributed by atoms with Crippen molar-refractivity contribution in [2.75, 3.05) is 39.3 Å². The summed E-state index contributed by atoms with van der Waals surface area (Å²) in [5.74, 6) is 0.627. The molecule has 0 amide bonds. The second-order valence-corrected chi connectivity index (χ2v) is 8.41. The van der Waals surface area contributed by atoms with E-state index < -0.39 is 18.4 Å². The minimum atomic E-state index is -4.80. The van der Waals surface area contributed by atoms with Gasteiger partial charge in [-0.25, -0.2) is 0 Å². The number of rotatable bonds is 8. The largest absolute Gasteiger partial charge is 0.573 e.